The fourth-order valence-corrected chi connectivity index (χ4v) is 5.57. The van der Waals surface area contributed by atoms with Gasteiger partial charge in [0.2, 0.25) is 0 Å². The molecule has 6 N–H and O–H groups in total. The van der Waals surface area contributed by atoms with Crippen molar-refractivity contribution in [2.24, 2.45) is 11.5 Å². The van der Waals surface area contributed by atoms with Crippen LogP contribution in [-0.2, 0) is 24.6 Å². The van der Waals surface area contributed by atoms with Crippen LogP contribution in [0.4, 0.5) is 0 Å². The van der Waals surface area contributed by atoms with Gasteiger partial charge in [-0.15, -0.1) is 0 Å². The van der Waals surface area contributed by atoms with Gasteiger partial charge in [0.15, 0.2) is 23.0 Å². The summed E-state index contributed by atoms with van der Waals surface area (Å²) in [5.74, 6) is -1.77. The van der Waals surface area contributed by atoms with E-state index in [2.05, 4.69) is 16.7 Å². The SMILES string of the molecule is COc1ccc(C(C#N)CNC(=O)C(N)=O)cc1OC1CCCC1.COc1ccc(C(C)(C)CNC(=O)C(N)=O)cc1OC1CCCC1. The van der Waals surface area contributed by atoms with Crippen molar-refractivity contribution in [1.82, 2.24) is 10.6 Å². The Hall–Kier alpha value is -4.99. The molecule has 2 saturated carbocycles. The number of nitrogens with zero attached hydrogens (tertiary/aromatic N) is 1. The summed E-state index contributed by atoms with van der Waals surface area (Å²) in [6.45, 7) is 4.25. The van der Waals surface area contributed by atoms with Crippen LogP contribution in [0.3, 0.4) is 0 Å². The van der Waals surface area contributed by atoms with Crippen LogP contribution in [0.1, 0.15) is 82.3 Å². The molecule has 0 saturated heterocycles. The minimum Gasteiger partial charge on any atom is -0.493 e. The van der Waals surface area contributed by atoms with Crippen molar-refractivity contribution >= 4 is 23.6 Å². The number of hydrogen-bond donors (Lipinski definition) is 4. The van der Waals surface area contributed by atoms with Crippen molar-refractivity contribution in [3.8, 4) is 29.1 Å². The van der Waals surface area contributed by atoms with Crippen LogP contribution in [0.25, 0.3) is 0 Å². The second kappa shape index (κ2) is 17.8. The Balaban J connectivity index is 0.000000260. The average molecular weight is 666 g/mol. The summed E-state index contributed by atoms with van der Waals surface area (Å²) in [6, 6.07) is 13.1. The van der Waals surface area contributed by atoms with Crippen LogP contribution in [0.2, 0.25) is 0 Å². The van der Waals surface area contributed by atoms with Crippen LogP contribution >= 0.6 is 0 Å². The molecule has 260 valence electrons. The Kier molecular flexibility index (Phi) is 13.9. The number of amides is 4. The molecule has 13 nitrogen and oxygen atoms in total. The molecular weight excluding hydrogens is 618 g/mol. The van der Waals surface area contributed by atoms with Crippen molar-refractivity contribution in [2.45, 2.75) is 88.8 Å². The van der Waals surface area contributed by atoms with Crippen molar-refractivity contribution in [2.75, 3.05) is 27.3 Å². The van der Waals surface area contributed by atoms with E-state index in [9.17, 15) is 24.4 Å². The molecule has 0 heterocycles. The Morgan fingerprint density at radius 2 is 1.27 bits per heavy atom. The van der Waals surface area contributed by atoms with Gasteiger partial charge >= 0.3 is 23.6 Å². The summed E-state index contributed by atoms with van der Waals surface area (Å²) in [5.41, 5.74) is 11.1. The topological polar surface area (TPSA) is 205 Å². The van der Waals surface area contributed by atoms with E-state index in [-0.39, 0.29) is 24.2 Å². The maximum Gasteiger partial charge on any atom is 0.309 e. The second-order valence-corrected chi connectivity index (χ2v) is 12.5. The van der Waals surface area contributed by atoms with Crippen LogP contribution in [-0.4, -0.2) is 63.1 Å². The molecule has 4 rings (SSSR count). The maximum atomic E-state index is 11.4. The summed E-state index contributed by atoms with van der Waals surface area (Å²) in [4.78, 5) is 44.3. The largest absolute Gasteiger partial charge is 0.493 e. The third-order valence-electron chi connectivity index (χ3n) is 8.49. The second-order valence-electron chi connectivity index (χ2n) is 12.5. The van der Waals surface area contributed by atoms with Gasteiger partial charge in [0.05, 0.1) is 38.4 Å². The Labute approximate surface area is 281 Å². The average Bonchev–Trinajstić information content (AvgIpc) is 3.79. The number of hydrogen-bond acceptors (Lipinski definition) is 9. The molecule has 2 aromatic rings. The number of carbonyl (C=O) groups is 4. The highest BCUT2D eigenvalue weighted by atomic mass is 16.5. The van der Waals surface area contributed by atoms with Gasteiger partial charge in [0.1, 0.15) is 0 Å². The highest BCUT2D eigenvalue weighted by Crippen LogP contribution is 2.36. The predicted octanol–water partition coefficient (Wildman–Crippen LogP) is 3.12. The molecule has 4 amide bonds. The first-order valence-corrected chi connectivity index (χ1v) is 16.1. The zero-order chi connectivity index (χ0) is 35.3. The minimum atomic E-state index is -1.08. The maximum absolute atomic E-state index is 11.4. The zero-order valence-corrected chi connectivity index (χ0v) is 28.1. The fourth-order valence-electron chi connectivity index (χ4n) is 5.57. The van der Waals surface area contributed by atoms with E-state index in [1.807, 2.05) is 32.0 Å². The smallest absolute Gasteiger partial charge is 0.309 e. The monoisotopic (exact) mass is 665 g/mol. The molecule has 0 radical (unpaired) electrons. The Bertz CT molecular complexity index is 1480. The number of nitriles is 1. The lowest BCUT2D eigenvalue weighted by molar-refractivity contribution is -0.137. The first-order valence-electron chi connectivity index (χ1n) is 16.1. The van der Waals surface area contributed by atoms with Crippen molar-refractivity contribution < 1.29 is 38.1 Å². The molecule has 1 atom stereocenters. The summed E-state index contributed by atoms with van der Waals surface area (Å²) < 4.78 is 22.8. The lowest BCUT2D eigenvalue weighted by atomic mass is 9.84. The number of ether oxygens (including phenoxy) is 4. The van der Waals surface area contributed by atoms with E-state index in [4.69, 9.17) is 30.4 Å². The number of rotatable bonds is 12. The van der Waals surface area contributed by atoms with Crippen LogP contribution in [0.15, 0.2) is 36.4 Å². The van der Waals surface area contributed by atoms with Crippen LogP contribution in [0, 0.1) is 11.3 Å². The lowest BCUT2D eigenvalue weighted by Gasteiger charge is -2.27. The van der Waals surface area contributed by atoms with E-state index in [1.165, 1.54) is 12.8 Å². The molecule has 0 aliphatic heterocycles. The molecule has 0 spiro atoms. The molecule has 2 aliphatic carbocycles. The van der Waals surface area contributed by atoms with E-state index in [0.29, 0.717) is 29.4 Å². The summed E-state index contributed by atoms with van der Waals surface area (Å²) in [7, 11) is 3.18. The number of primary amides is 2. The highest BCUT2D eigenvalue weighted by Gasteiger charge is 2.26. The lowest BCUT2D eigenvalue weighted by Crippen LogP contribution is -2.42. The fraction of sp³-hybridized carbons (Fsp3) is 0.514. The number of methoxy groups -OCH3 is 2. The van der Waals surface area contributed by atoms with E-state index >= 15 is 0 Å². The molecule has 2 aromatic carbocycles. The molecule has 48 heavy (non-hydrogen) atoms. The normalized spacial score (nSPS) is 15.2. The number of benzene rings is 2. The summed E-state index contributed by atoms with van der Waals surface area (Å²) in [6.07, 6.45) is 9.19. The highest BCUT2D eigenvalue weighted by molar-refractivity contribution is 6.34. The molecule has 0 aromatic heterocycles. The third kappa shape index (κ3) is 10.8. The van der Waals surface area contributed by atoms with Crippen molar-refractivity contribution in [1.29, 1.82) is 5.26 Å². The Morgan fingerprint density at radius 3 is 1.75 bits per heavy atom. The number of nitrogens with two attached hydrogens (primary N) is 2. The van der Waals surface area contributed by atoms with Gasteiger partial charge in [-0.2, -0.15) is 5.26 Å². The van der Waals surface area contributed by atoms with E-state index < -0.39 is 29.5 Å². The van der Waals surface area contributed by atoms with Gasteiger partial charge in [-0.1, -0.05) is 26.0 Å². The number of nitrogens with one attached hydrogen (secondary N) is 2. The van der Waals surface area contributed by atoms with Crippen LogP contribution < -0.4 is 41.0 Å². The van der Waals surface area contributed by atoms with E-state index in [0.717, 1.165) is 49.8 Å². The van der Waals surface area contributed by atoms with Gasteiger partial charge in [0.25, 0.3) is 0 Å². The molecule has 13 heteroatoms. The zero-order valence-electron chi connectivity index (χ0n) is 28.1. The summed E-state index contributed by atoms with van der Waals surface area (Å²) in [5, 5.41) is 14.2. The number of carbonyl (C=O) groups excluding carboxylic acids is 4. The quantitative estimate of drug-likeness (QED) is 0.246. The third-order valence-corrected chi connectivity index (χ3v) is 8.49. The van der Waals surface area contributed by atoms with Gasteiger partial charge in [-0.25, -0.2) is 0 Å². The molecule has 2 fully saturated rings. The Morgan fingerprint density at radius 1 is 0.792 bits per heavy atom. The van der Waals surface area contributed by atoms with Gasteiger partial charge in [0, 0.05) is 18.5 Å². The van der Waals surface area contributed by atoms with Gasteiger partial charge in [-0.3, -0.25) is 19.2 Å². The van der Waals surface area contributed by atoms with Crippen LogP contribution in [0.5, 0.6) is 23.0 Å². The first-order chi connectivity index (χ1) is 22.9. The minimum absolute atomic E-state index is 0.00648. The molecule has 0 bridgehead atoms. The molecule has 1 unspecified atom stereocenters. The van der Waals surface area contributed by atoms with Crippen molar-refractivity contribution in [3.05, 3.63) is 47.5 Å². The van der Waals surface area contributed by atoms with E-state index in [1.54, 1.807) is 32.4 Å². The molecule has 2 aliphatic rings. The molecular formula is C35H47N5O8. The summed E-state index contributed by atoms with van der Waals surface area (Å²) >= 11 is 0. The predicted molar refractivity (Wildman–Crippen MR) is 178 cm³/mol. The standard InChI is InChI=1S/C18H26N2O4.C17H21N3O4/c1-18(2,11-20-17(22)16(19)21)12-8-9-14(23-3)15(10-12)24-13-6-4-5-7-13;1-23-14-7-6-11(8-15(14)24-13-4-2-3-5-13)12(9-18)10-20-17(22)16(19)21/h8-10,13H,4-7,11H2,1-3H3,(H2,19,21)(H,20,22);6-8,12-13H,2-5,10H2,1H3,(H2,19,21)(H,20,22). The first kappa shape index (κ1) is 37.5. The van der Waals surface area contributed by atoms with Crippen molar-refractivity contribution in [3.63, 3.8) is 0 Å². The van der Waals surface area contributed by atoms with Gasteiger partial charge < -0.3 is 41.0 Å². The van der Waals surface area contributed by atoms with Gasteiger partial charge in [-0.05, 0) is 86.8 Å².